The van der Waals surface area contributed by atoms with Crippen LogP contribution in [0.3, 0.4) is 0 Å². The highest BCUT2D eigenvalue weighted by Crippen LogP contribution is 2.48. The van der Waals surface area contributed by atoms with Gasteiger partial charge in [-0.15, -0.1) is 0 Å². The van der Waals surface area contributed by atoms with Crippen LogP contribution in [-0.4, -0.2) is 48.0 Å². The molecule has 3 nitrogen and oxygen atoms in total. The molecule has 3 aliphatic carbocycles. The van der Waals surface area contributed by atoms with Crippen molar-refractivity contribution >= 4 is 0 Å². The number of hydrogen-bond donors (Lipinski definition) is 2. The largest absolute Gasteiger partial charge is 0.392 e. The van der Waals surface area contributed by atoms with Crippen LogP contribution < -0.4 is 0 Å². The van der Waals surface area contributed by atoms with E-state index in [1.54, 1.807) is 5.57 Å². The number of fused-ring (bicyclic) bond motifs is 1. The molecule has 2 saturated carbocycles. The normalized spacial score (nSPS) is 33.0. The van der Waals surface area contributed by atoms with Gasteiger partial charge in [-0.25, -0.2) is 0 Å². The molecule has 0 bridgehead atoms. The van der Waals surface area contributed by atoms with Gasteiger partial charge >= 0.3 is 0 Å². The average molecular weight is 376 g/mol. The number of rotatable bonds is 9. The van der Waals surface area contributed by atoms with Crippen LogP contribution >= 0.6 is 0 Å². The van der Waals surface area contributed by atoms with Crippen molar-refractivity contribution in [2.75, 3.05) is 20.6 Å². The Morgan fingerprint density at radius 1 is 1.15 bits per heavy atom. The van der Waals surface area contributed by atoms with Crippen LogP contribution in [0.15, 0.2) is 23.8 Å². The van der Waals surface area contributed by atoms with Gasteiger partial charge in [0.1, 0.15) is 0 Å². The minimum Gasteiger partial charge on any atom is -0.392 e. The zero-order valence-electron chi connectivity index (χ0n) is 17.5. The van der Waals surface area contributed by atoms with Gasteiger partial charge in [-0.2, -0.15) is 0 Å². The second kappa shape index (κ2) is 10.2. The molecule has 0 unspecified atom stereocenters. The summed E-state index contributed by atoms with van der Waals surface area (Å²) in [6, 6.07) is 0. The third kappa shape index (κ3) is 5.92. The van der Waals surface area contributed by atoms with E-state index in [0.717, 1.165) is 25.7 Å². The van der Waals surface area contributed by atoms with E-state index in [1.807, 2.05) is 6.08 Å². The lowest BCUT2D eigenvalue weighted by molar-refractivity contribution is 0.120. The highest BCUT2D eigenvalue weighted by atomic mass is 16.3. The Morgan fingerprint density at radius 3 is 2.67 bits per heavy atom. The summed E-state index contributed by atoms with van der Waals surface area (Å²) in [5, 5.41) is 21.1. The van der Waals surface area contributed by atoms with Crippen LogP contribution in [0.25, 0.3) is 0 Å². The number of nitrogens with zero attached hydrogens (tertiary/aromatic N) is 1. The lowest BCUT2D eigenvalue weighted by Gasteiger charge is -2.25. The highest BCUT2D eigenvalue weighted by molar-refractivity contribution is 5.21. The summed E-state index contributed by atoms with van der Waals surface area (Å²) < 4.78 is 0. The van der Waals surface area contributed by atoms with Crippen LogP contribution in [0.1, 0.15) is 70.6 Å². The topological polar surface area (TPSA) is 43.7 Å². The van der Waals surface area contributed by atoms with Crippen molar-refractivity contribution in [2.24, 2.45) is 23.7 Å². The predicted molar refractivity (Wildman–Crippen MR) is 113 cm³/mol. The lowest BCUT2D eigenvalue weighted by atomic mass is 9.83. The number of hydrogen-bond acceptors (Lipinski definition) is 3. The molecule has 0 aromatic rings. The molecule has 3 rings (SSSR count). The van der Waals surface area contributed by atoms with Gasteiger partial charge < -0.3 is 15.1 Å². The Morgan fingerprint density at radius 2 is 1.93 bits per heavy atom. The van der Waals surface area contributed by atoms with Crippen molar-refractivity contribution in [3.05, 3.63) is 23.8 Å². The Balaban J connectivity index is 1.45. The second-order valence-corrected chi connectivity index (χ2v) is 9.62. The zero-order chi connectivity index (χ0) is 19.2. The summed E-state index contributed by atoms with van der Waals surface area (Å²) in [5.74, 6) is 1.78. The summed E-state index contributed by atoms with van der Waals surface area (Å²) >= 11 is 0. The SMILES string of the molecule is CN(C)CCCCCC1=C[C@H]2C[C@@H](O)[C@H](/C=C/[C@@H](O)C3CCCCC3)[C@H]2C1. The molecule has 0 aromatic carbocycles. The fraction of sp³-hybridized carbons (Fsp3) is 0.833. The van der Waals surface area contributed by atoms with Crippen molar-refractivity contribution in [3.63, 3.8) is 0 Å². The van der Waals surface area contributed by atoms with Crippen LogP contribution in [0.5, 0.6) is 0 Å². The molecule has 5 atom stereocenters. The van der Waals surface area contributed by atoms with Gasteiger partial charge in [-0.1, -0.05) is 49.5 Å². The van der Waals surface area contributed by atoms with Crippen LogP contribution in [0, 0.1) is 23.7 Å². The molecular formula is C24H41NO2. The Labute approximate surface area is 166 Å². The van der Waals surface area contributed by atoms with Crippen molar-refractivity contribution < 1.29 is 10.2 Å². The molecular weight excluding hydrogens is 334 g/mol. The smallest absolute Gasteiger partial charge is 0.0749 e. The van der Waals surface area contributed by atoms with Crippen LogP contribution in [-0.2, 0) is 0 Å². The van der Waals surface area contributed by atoms with Gasteiger partial charge in [0.05, 0.1) is 12.2 Å². The minimum atomic E-state index is -0.318. The van der Waals surface area contributed by atoms with E-state index in [-0.39, 0.29) is 18.1 Å². The Kier molecular flexibility index (Phi) is 7.98. The molecule has 3 heteroatoms. The third-order valence-corrected chi connectivity index (χ3v) is 7.22. The monoisotopic (exact) mass is 375 g/mol. The van der Waals surface area contributed by atoms with Crippen LogP contribution in [0.4, 0.5) is 0 Å². The molecule has 0 saturated heterocycles. The average Bonchev–Trinajstić information content (AvgIpc) is 3.16. The minimum absolute atomic E-state index is 0.229. The highest BCUT2D eigenvalue weighted by Gasteiger charge is 2.43. The maximum absolute atomic E-state index is 10.5. The molecule has 2 N–H and O–H groups in total. The van der Waals surface area contributed by atoms with Gasteiger partial charge in [0, 0.05) is 5.92 Å². The van der Waals surface area contributed by atoms with E-state index >= 15 is 0 Å². The van der Waals surface area contributed by atoms with Gasteiger partial charge in [0.25, 0.3) is 0 Å². The third-order valence-electron chi connectivity index (χ3n) is 7.22. The fourth-order valence-electron chi connectivity index (χ4n) is 5.62. The summed E-state index contributed by atoms with van der Waals surface area (Å²) in [6.45, 7) is 1.19. The van der Waals surface area contributed by atoms with Crippen molar-refractivity contribution in [2.45, 2.75) is 82.8 Å². The van der Waals surface area contributed by atoms with Crippen molar-refractivity contribution in [1.82, 2.24) is 4.90 Å². The fourth-order valence-corrected chi connectivity index (χ4v) is 5.62. The van der Waals surface area contributed by atoms with Crippen molar-refractivity contribution in [3.8, 4) is 0 Å². The molecule has 0 spiro atoms. The summed E-state index contributed by atoms with van der Waals surface area (Å²) in [6.07, 6.45) is 19.5. The van der Waals surface area contributed by atoms with Gasteiger partial charge in [-0.05, 0) is 83.3 Å². The van der Waals surface area contributed by atoms with Gasteiger partial charge in [0.2, 0.25) is 0 Å². The second-order valence-electron chi connectivity index (χ2n) is 9.62. The summed E-state index contributed by atoms with van der Waals surface area (Å²) in [5.41, 5.74) is 1.62. The Hall–Kier alpha value is -0.640. The molecule has 27 heavy (non-hydrogen) atoms. The maximum atomic E-state index is 10.5. The molecule has 0 aromatic heterocycles. The number of aliphatic hydroxyl groups is 2. The first-order valence-electron chi connectivity index (χ1n) is 11.4. The standard InChI is InChI=1S/C24H41NO2/c1-25(2)14-8-4-5-9-18-15-20-17-24(27)21(22(20)16-18)12-13-23(26)19-10-6-3-7-11-19/h12-13,15,19-24,26-27H,3-11,14,16-17H2,1-2H3/b13-12+/t20-,21+,22-,23+,24+/m0/s1. The lowest BCUT2D eigenvalue weighted by Crippen LogP contribution is -2.22. The number of allylic oxidation sites excluding steroid dienone is 2. The first-order valence-corrected chi connectivity index (χ1v) is 11.4. The van der Waals surface area contributed by atoms with E-state index in [1.165, 1.54) is 51.5 Å². The summed E-state index contributed by atoms with van der Waals surface area (Å²) in [7, 11) is 4.29. The summed E-state index contributed by atoms with van der Waals surface area (Å²) in [4.78, 5) is 2.26. The molecule has 0 amide bonds. The van der Waals surface area contributed by atoms with Gasteiger partial charge in [0.15, 0.2) is 0 Å². The van der Waals surface area contributed by atoms with E-state index in [0.29, 0.717) is 17.8 Å². The van der Waals surface area contributed by atoms with E-state index < -0.39 is 0 Å². The molecule has 2 fully saturated rings. The molecule has 154 valence electrons. The first kappa shape index (κ1) is 21.1. The van der Waals surface area contributed by atoms with E-state index in [9.17, 15) is 10.2 Å². The number of aliphatic hydroxyl groups excluding tert-OH is 2. The molecule has 3 aliphatic rings. The molecule has 0 heterocycles. The zero-order valence-corrected chi connectivity index (χ0v) is 17.5. The Bertz CT molecular complexity index is 507. The van der Waals surface area contributed by atoms with Crippen LogP contribution in [0.2, 0.25) is 0 Å². The molecule has 0 aliphatic heterocycles. The van der Waals surface area contributed by atoms with E-state index in [4.69, 9.17) is 0 Å². The quantitative estimate of drug-likeness (QED) is 0.459. The number of unbranched alkanes of at least 4 members (excludes halogenated alkanes) is 2. The van der Waals surface area contributed by atoms with Gasteiger partial charge in [-0.3, -0.25) is 0 Å². The predicted octanol–water partition coefficient (Wildman–Crippen LogP) is 4.55. The van der Waals surface area contributed by atoms with Crippen molar-refractivity contribution in [1.29, 1.82) is 0 Å². The molecule has 0 radical (unpaired) electrons. The first-order chi connectivity index (χ1) is 13.0. The van der Waals surface area contributed by atoms with E-state index in [2.05, 4.69) is 31.1 Å². The maximum Gasteiger partial charge on any atom is 0.0749 e.